The first-order chi connectivity index (χ1) is 17.2. The van der Waals surface area contributed by atoms with Crippen molar-refractivity contribution in [1.82, 2.24) is 14.9 Å². The summed E-state index contributed by atoms with van der Waals surface area (Å²) >= 11 is 0. The molecule has 7 heteroatoms. The summed E-state index contributed by atoms with van der Waals surface area (Å²) < 4.78 is 1.78. The lowest BCUT2D eigenvalue weighted by Crippen LogP contribution is -2.44. The molecule has 2 aromatic carbocycles. The lowest BCUT2D eigenvalue weighted by Gasteiger charge is -2.18. The average Bonchev–Trinajstić information content (AvgIpc) is 3.30. The second-order valence-electron chi connectivity index (χ2n) is 9.59. The molecule has 0 unspecified atom stereocenters. The van der Waals surface area contributed by atoms with Crippen molar-refractivity contribution >= 4 is 23.7 Å². The van der Waals surface area contributed by atoms with Crippen LogP contribution in [0.3, 0.4) is 0 Å². The smallest absolute Gasteiger partial charge is 0.326 e. The van der Waals surface area contributed by atoms with Crippen LogP contribution in [-0.4, -0.2) is 38.4 Å². The van der Waals surface area contributed by atoms with Gasteiger partial charge in [0.1, 0.15) is 6.04 Å². The number of carbonyl (C=O) groups is 3. The minimum Gasteiger partial charge on any atom is -0.480 e. The second kappa shape index (κ2) is 12.1. The van der Waals surface area contributed by atoms with Crippen molar-refractivity contribution in [3.63, 3.8) is 0 Å². The number of aromatic nitrogens is 2. The van der Waals surface area contributed by atoms with Gasteiger partial charge in [-0.15, -0.1) is 0 Å². The number of carboxylic acids is 1. The number of allylic oxidation sites excluding steroid dienone is 1. The standard InChI is InChI=1S/C29H33N3O4/c1-19(2)17-22-10-12-23(13-11-22)26(33)27-30-14-16-32(27)15-6-8-21-7-5-9-24(18-21)28(34)31-25(20(3)4)29(35)36/h5-14,16,18-20,25H,15,17H2,1-4H3,(H,31,34)(H,35,36)/b8-6+/t25-/m0/s1. The Balaban J connectivity index is 1.67. The van der Waals surface area contributed by atoms with Gasteiger partial charge in [-0.25, -0.2) is 9.78 Å². The summed E-state index contributed by atoms with van der Waals surface area (Å²) in [6, 6.07) is 13.7. The van der Waals surface area contributed by atoms with E-state index in [1.807, 2.05) is 42.5 Å². The van der Waals surface area contributed by atoms with Crippen LogP contribution >= 0.6 is 0 Å². The molecule has 1 heterocycles. The molecule has 0 bridgehead atoms. The molecule has 1 amide bonds. The molecule has 3 rings (SSSR count). The molecule has 0 saturated heterocycles. The topological polar surface area (TPSA) is 101 Å². The van der Waals surface area contributed by atoms with Crippen LogP contribution in [0.1, 0.15) is 65.4 Å². The summed E-state index contributed by atoms with van der Waals surface area (Å²) in [5.74, 6) is -0.965. The van der Waals surface area contributed by atoms with E-state index in [0.717, 1.165) is 12.0 Å². The number of carbonyl (C=O) groups excluding carboxylic acids is 2. The van der Waals surface area contributed by atoms with Gasteiger partial charge in [-0.2, -0.15) is 0 Å². The maximum atomic E-state index is 13.0. The zero-order valence-electron chi connectivity index (χ0n) is 21.1. The predicted molar refractivity (Wildman–Crippen MR) is 140 cm³/mol. The number of hydrogen-bond donors (Lipinski definition) is 2. The van der Waals surface area contributed by atoms with Gasteiger partial charge in [0, 0.05) is 30.1 Å². The van der Waals surface area contributed by atoms with E-state index < -0.39 is 17.9 Å². The molecule has 7 nitrogen and oxygen atoms in total. The fourth-order valence-corrected chi connectivity index (χ4v) is 3.88. The molecular formula is C29H33N3O4. The molecule has 0 spiro atoms. The number of nitrogens with zero attached hydrogens (tertiary/aromatic N) is 2. The highest BCUT2D eigenvalue weighted by Crippen LogP contribution is 2.14. The molecule has 188 valence electrons. The Hall–Kier alpha value is -4.00. The first-order valence-electron chi connectivity index (χ1n) is 12.1. The molecule has 0 saturated carbocycles. The fourth-order valence-electron chi connectivity index (χ4n) is 3.88. The number of imidazole rings is 1. The molecule has 2 N–H and O–H groups in total. The molecule has 0 radical (unpaired) electrons. The fraction of sp³-hybridized carbons (Fsp3) is 0.310. The predicted octanol–water partition coefficient (Wildman–Crippen LogP) is 4.87. The largest absolute Gasteiger partial charge is 0.480 e. The van der Waals surface area contributed by atoms with Crippen LogP contribution in [0.5, 0.6) is 0 Å². The van der Waals surface area contributed by atoms with Crippen molar-refractivity contribution in [2.45, 2.75) is 46.7 Å². The number of nitrogens with one attached hydrogen (secondary N) is 1. The van der Waals surface area contributed by atoms with Gasteiger partial charge >= 0.3 is 5.97 Å². The third-order valence-electron chi connectivity index (χ3n) is 5.76. The van der Waals surface area contributed by atoms with Crippen LogP contribution in [-0.2, 0) is 17.8 Å². The summed E-state index contributed by atoms with van der Waals surface area (Å²) in [5, 5.41) is 11.9. The van der Waals surface area contributed by atoms with Crippen molar-refractivity contribution in [1.29, 1.82) is 0 Å². The Morgan fingerprint density at radius 1 is 1.03 bits per heavy atom. The first kappa shape index (κ1) is 26.6. The van der Waals surface area contributed by atoms with Gasteiger partial charge in [-0.1, -0.05) is 76.2 Å². The highest BCUT2D eigenvalue weighted by atomic mass is 16.4. The lowest BCUT2D eigenvalue weighted by atomic mass is 10.0. The van der Waals surface area contributed by atoms with E-state index in [1.165, 1.54) is 5.56 Å². The van der Waals surface area contributed by atoms with Gasteiger partial charge < -0.3 is 15.0 Å². The van der Waals surface area contributed by atoms with Gasteiger partial charge in [-0.3, -0.25) is 9.59 Å². The Kier molecular flexibility index (Phi) is 8.95. The third-order valence-corrected chi connectivity index (χ3v) is 5.76. The average molecular weight is 488 g/mol. The highest BCUT2D eigenvalue weighted by Gasteiger charge is 2.24. The van der Waals surface area contributed by atoms with Crippen LogP contribution in [0.25, 0.3) is 6.08 Å². The van der Waals surface area contributed by atoms with E-state index in [2.05, 4.69) is 24.1 Å². The van der Waals surface area contributed by atoms with E-state index in [9.17, 15) is 19.5 Å². The monoisotopic (exact) mass is 487 g/mol. The van der Waals surface area contributed by atoms with Gasteiger partial charge in [-0.05, 0) is 41.5 Å². The van der Waals surface area contributed by atoms with Crippen LogP contribution in [0.4, 0.5) is 0 Å². The van der Waals surface area contributed by atoms with E-state index in [0.29, 0.717) is 29.4 Å². The molecule has 1 atom stereocenters. The van der Waals surface area contributed by atoms with Crippen molar-refractivity contribution < 1.29 is 19.5 Å². The molecule has 0 aliphatic carbocycles. The van der Waals surface area contributed by atoms with E-state index >= 15 is 0 Å². The van der Waals surface area contributed by atoms with Crippen molar-refractivity contribution in [2.24, 2.45) is 11.8 Å². The van der Waals surface area contributed by atoms with E-state index in [4.69, 9.17) is 0 Å². The second-order valence-corrected chi connectivity index (χ2v) is 9.59. The number of amides is 1. The van der Waals surface area contributed by atoms with E-state index in [1.54, 1.807) is 49.0 Å². The lowest BCUT2D eigenvalue weighted by molar-refractivity contribution is -0.140. The van der Waals surface area contributed by atoms with Gasteiger partial charge in [0.25, 0.3) is 5.91 Å². The number of benzene rings is 2. The van der Waals surface area contributed by atoms with Crippen molar-refractivity contribution in [3.8, 4) is 0 Å². The molecular weight excluding hydrogens is 454 g/mol. The number of ketones is 1. The number of aliphatic carboxylic acids is 1. The van der Waals surface area contributed by atoms with Crippen LogP contribution in [0, 0.1) is 11.8 Å². The van der Waals surface area contributed by atoms with Crippen molar-refractivity contribution in [3.05, 3.63) is 95.1 Å². The zero-order chi connectivity index (χ0) is 26.2. The quantitative estimate of drug-likeness (QED) is 0.376. The summed E-state index contributed by atoms with van der Waals surface area (Å²) in [7, 11) is 0. The summed E-state index contributed by atoms with van der Waals surface area (Å²) in [4.78, 5) is 41.2. The maximum absolute atomic E-state index is 13.0. The molecule has 0 fully saturated rings. The van der Waals surface area contributed by atoms with Crippen LogP contribution in [0.2, 0.25) is 0 Å². The van der Waals surface area contributed by atoms with E-state index in [-0.39, 0.29) is 11.7 Å². The molecule has 1 aromatic heterocycles. The summed E-state index contributed by atoms with van der Waals surface area (Å²) in [5.41, 5.74) is 2.96. The highest BCUT2D eigenvalue weighted by molar-refractivity contribution is 6.06. The third kappa shape index (κ3) is 7.01. The molecule has 0 aliphatic heterocycles. The summed E-state index contributed by atoms with van der Waals surface area (Å²) in [6.45, 7) is 8.24. The van der Waals surface area contributed by atoms with Gasteiger partial charge in [0.2, 0.25) is 5.78 Å². The summed E-state index contributed by atoms with van der Waals surface area (Å²) in [6.07, 6.45) is 8.06. The number of rotatable bonds is 11. The Bertz CT molecular complexity index is 1240. The van der Waals surface area contributed by atoms with Gasteiger partial charge in [0.05, 0.1) is 0 Å². The molecule has 36 heavy (non-hydrogen) atoms. The maximum Gasteiger partial charge on any atom is 0.326 e. The normalized spacial score (nSPS) is 12.3. The SMILES string of the molecule is CC(C)Cc1ccc(C(=O)c2nccn2C/C=C/c2cccc(C(=O)N[C@H](C(=O)O)C(C)C)c2)cc1. The Morgan fingerprint density at radius 3 is 2.39 bits per heavy atom. The molecule has 3 aromatic rings. The van der Waals surface area contributed by atoms with Crippen LogP contribution in [0.15, 0.2) is 67.0 Å². The Labute approximate surface area is 211 Å². The zero-order valence-corrected chi connectivity index (χ0v) is 21.1. The first-order valence-corrected chi connectivity index (χ1v) is 12.1. The number of hydrogen-bond acceptors (Lipinski definition) is 4. The number of carboxylic acid groups (broad SMARTS) is 1. The van der Waals surface area contributed by atoms with Gasteiger partial charge in [0.15, 0.2) is 5.82 Å². The minimum atomic E-state index is -1.06. The van der Waals surface area contributed by atoms with Crippen molar-refractivity contribution in [2.75, 3.05) is 0 Å². The minimum absolute atomic E-state index is 0.138. The molecule has 0 aliphatic rings. The van der Waals surface area contributed by atoms with Crippen LogP contribution < -0.4 is 5.32 Å². The Morgan fingerprint density at radius 2 is 1.75 bits per heavy atom.